The van der Waals surface area contributed by atoms with Crippen LogP contribution in [0, 0.1) is 5.82 Å². The number of benzene rings is 1. The molecule has 2 aromatic rings. The molecular formula is C23H33FN8O4S. The molecule has 1 aromatic carbocycles. The molecule has 3 saturated heterocycles. The summed E-state index contributed by atoms with van der Waals surface area (Å²) in [6.07, 6.45) is 0. The van der Waals surface area contributed by atoms with Gasteiger partial charge in [0.1, 0.15) is 5.82 Å². The largest absolute Gasteiger partial charge is 0.379 e. The lowest BCUT2D eigenvalue weighted by atomic mass is 10.3. The Labute approximate surface area is 216 Å². The standard InChI is InChI=1S/C23H33FN8O4S/c24-19-1-3-20(4-2-19)37(33,34)32-9-7-30(8-10-32)22-26-21(25-5-6-29-11-15-35-16-12-29)27-23(28-22)31-13-17-36-18-14-31/h1-4H,5-18H2,(H,25,26,27,28). The lowest BCUT2D eigenvalue weighted by Gasteiger charge is -2.34. The first kappa shape index (κ1) is 26.0. The fourth-order valence-electron chi connectivity index (χ4n) is 4.51. The summed E-state index contributed by atoms with van der Waals surface area (Å²) in [5.41, 5.74) is 0. The van der Waals surface area contributed by atoms with Crippen molar-refractivity contribution in [3.05, 3.63) is 30.1 Å². The molecule has 5 rings (SSSR count). The van der Waals surface area contributed by atoms with E-state index in [0.717, 1.165) is 45.0 Å². The molecule has 0 atom stereocenters. The smallest absolute Gasteiger partial charge is 0.243 e. The zero-order chi connectivity index (χ0) is 25.7. The fraction of sp³-hybridized carbons (Fsp3) is 0.609. The van der Waals surface area contributed by atoms with Crippen LogP contribution in [0.2, 0.25) is 0 Å². The summed E-state index contributed by atoms with van der Waals surface area (Å²) < 4.78 is 51.6. The highest BCUT2D eigenvalue weighted by Gasteiger charge is 2.30. The number of rotatable bonds is 8. The van der Waals surface area contributed by atoms with Crippen molar-refractivity contribution >= 4 is 27.9 Å². The van der Waals surface area contributed by atoms with Crippen molar-refractivity contribution in [3.63, 3.8) is 0 Å². The summed E-state index contributed by atoms with van der Waals surface area (Å²) in [5, 5.41) is 3.34. The first-order valence-corrected chi connectivity index (χ1v) is 14.1. The Morgan fingerprint density at radius 2 is 1.35 bits per heavy atom. The van der Waals surface area contributed by atoms with Gasteiger partial charge in [0, 0.05) is 65.4 Å². The number of aromatic nitrogens is 3. The molecule has 0 spiro atoms. The average Bonchev–Trinajstić information content (AvgIpc) is 2.94. The topological polar surface area (TPSA) is 116 Å². The van der Waals surface area contributed by atoms with Crippen LogP contribution >= 0.6 is 0 Å². The zero-order valence-corrected chi connectivity index (χ0v) is 21.6. The highest BCUT2D eigenvalue weighted by molar-refractivity contribution is 7.89. The van der Waals surface area contributed by atoms with Crippen molar-refractivity contribution in [2.75, 3.05) is 107 Å². The number of ether oxygens (including phenoxy) is 2. The quantitative estimate of drug-likeness (QED) is 0.495. The van der Waals surface area contributed by atoms with Crippen LogP contribution in [0.5, 0.6) is 0 Å². The number of morpholine rings is 2. The second-order valence-electron chi connectivity index (χ2n) is 9.08. The molecule has 3 aliphatic heterocycles. The minimum Gasteiger partial charge on any atom is -0.379 e. The van der Waals surface area contributed by atoms with Crippen molar-refractivity contribution in [3.8, 4) is 0 Å². The van der Waals surface area contributed by atoms with Crippen LogP contribution in [0.3, 0.4) is 0 Å². The number of piperazine rings is 1. The van der Waals surface area contributed by atoms with Crippen molar-refractivity contribution in [1.29, 1.82) is 0 Å². The van der Waals surface area contributed by atoms with Gasteiger partial charge in [-0.1, -0.05) is 0 Å². The van der Waals surface area contributed by atoms with Crippen molar-refractivity contribution in [1.82, 2.24) is 24.2 Å². The third kappa shape index (κ3) is 6.44. The predicted octanol–water partition coefficient (Wildman–Crippen LogP) is 0.102. The van der Waals surface area contributed by atoms with Crippen LogP contribution in [-0.4, -0.2) is 124 Å². The summed E-state index contributed by atoms with van der Waals surface area (Å²) in [5.74, 6) is 1.14. The average molecular weight is 537 g/mol. The summed E-state index contributed by atoms with van der Waals surface area (Å²) in [7, 11) is -3.70. The molecule has 1 aromatic heterocycles. The van der Waals surface area contributed by atoms with Gasteiger partial charge in [0.2, 0.25) is 27.9 Å². The Morgan fingerprint density at radius 1 is 0.784 bits per heavy atom. The Kier molecular flexibility index (Phi) is 8.30. The van der Waals surface area contributed by atoms with Crippen LogP contribution < -0.4 is 15.1 Å². The van der Waals surface area contributed by atoms with Crippen LogP contribution in [0.1, 0.15) is 0 Å². The highest BCUT2D eigenvalue weighted by atomic mass is 32.2. The number of hydrogen-bond donors (Lipinski definition) is 1. The molecule has 3 fully saturated rings. The Balaban J connectivity index is 1.27. The van der Waals surface area contributed by atoms with Gasteiger partial charge < -0.3 is 24.6 Å². The lowest BCUT2D eigenvalue weighted by Crippen LogP contribution is -2.49. The van der Waals surface area contributed by atoms with Crippen LogP contribution in [-0.2, 0) is 19.5 Å². The van der Waals surface area contributed by atoms with Crippen LogP contribution in [0.25, 0.3) is 0 Å². The number of nitrogens with one attached hydrogen (secondary N) is 1. The Bertz CT molecular complexity index is 1140. The van der Waals surface area contributed by atoms with Gasteiger partial charge in [-0.2, -0.15) is 19.3 Å². The molecule has 0 bridgehead atoms. The molecule has 0 amide bonds. The molecule has 3 aliphatic rings. The number of sulfonamides is 1. The van der Waals surface area contributed by atoms with E-state index < -0.39 is 15.8 Å². The van der Waals surface area contributed by atoms with Crippen LogP contribution in [0.15, 0.2) is 29.2 Å². The third-order valence-corrected chi connectivity index (χ3v) is 8.61. The molecule has 0 unspecified atom stereocenters. The van der Waals surface area contributed by atoms with Gasteiger partial charge in [-0.25, -0.2) is 12.8 Å². The molecule has 4 heterocycles. The molecular weight excluding hydrogens is 503 g/mol. The maximum atomic E-state index is 13.3. The van der Waals surface area contributed by atoms with E-state index in [0.29, 0.717) is 63.8 Å². The van der Waals surface area contributed by atoms with E-state index >= 15 is 0 Å². The van der Waals surface area contributed by atoms with E-state index in [2.05, 4.69) is 25.1 Å². The van der Waals surface area contributed by atoms with Gasteiger partial charge >= 0.3 is 0 Å². The van der Waals surface area contributed by atoms with Crippen LogP contribution in [0.4, 0.5) is 22.2 Å². The SMILES string of the molecule is O=S(=O)(c1ccc(F)cc1)N1CCN(c2nc(NCCN3CCOCC3)nc(N3CCOCC3)n2)CC1. The minimum atomic E-state index is -3.70. The molecule has 1 N–H and O–H groups in total. The van der Waals surface area contributed by atoms with Gasteiger partial charge in [0.15, 0.2) is 0 Å². The van der Waals surface area contributed by atoms with E-state index in [4.69, 9.17) is 14.5 Å². The highest BCUT2D eigenvalue weighted by Crippen LogP contribution is 2.22. The van der Waals surface area contributed by atoms with Gasteiger partial charge in [-0.15, -0.1) is 0 Å². The molecule has 0 aliphatic carbocycles. The molecule has 202 valence electrons. The Hall–Kier alpha value is -2.65. The number of nitrogens with zero attached hydrogens (tertiary/aromatic N) is 7. The minimum absolute atomic E-state index is 0.0869. The number of halogens is 1. The van der Waals surface area contributed by atoms with Gasteiger partial charge in [0.05, 0.1) is 31.3 Å². The maximum absolute atomic E-state index is 13.3. The second kappa shape index (κ2) is 11.8. The maximum Gasteiger partial charge on any atom is 0.243 e. The first-order valence-electron chi connectivity index (χ1n) is 12.6. The lowest BCUT2D eigenvalue weighted by molar-refractivity contribution is 0.0398. The van der Waals surface area contributed by atoms with E-state index in [1.165, 1.54) is 16.4 Å². The first-order chi connectivity index (χ1) is 18.0. The van der Waals surface area contributed by atoms with Crippen molar-refractivity contribution < 1.29 is 22.3 Å². The van der Waals surface area contributed by atoms with Gasteiger partial charge in [-0.3, -0.25) is 4.90 Å². The summed E-state index contributed by atoms with van der Waals surface area (Å²) in [6.45, 7) is 8.90. The normalized spacial score (nSPS) is 20.2. The van der Waals surface area contributed by atoms with E-state index in [9.17, 15) is 12.8 Å². The van der Waals surface area contributed by atoms with E-state index in [-0.39, 0.29) is 18.0 Å². The third-order valence-electron chi connectivity index (χ3n) is 6.69. The molecule has 12 nitrogen and oxygen atoms in total. The molecule has 0 radical (unpaired) electrons. The van der Waals surface area contributed by atoms with Crippen molar-refractivity contribution in [2.24, 2.45) is 0 Å². The fourth-order valence-corrected chi connectivity index (χ4v) is 5.94. The van der Waals surface area contributed by atoms with Gasteiger partial charge in [0.25, 0.3) is 0 Å². The molecule has 37 heavy (non-hydrogen) atoms. The second-order valence-corrected chi connectivity index (χ2v) is 11.0. The van der Waals surface area contributed by atoms with E-state index in [1.807, 2.05) is 4.90 Å². The predicted molar refractivity (Wildman–Crippen MR) is 136 cm³/mol. The summed E-state index contributed by atoms with van der Waals surface area (Å²) in [6, 6.07) is 4.92. The number of hydrogen-bond acceptors (Lipinski definition) is 11. The van der Waals surface area contributed by atoms with Crippen molar-refractivity contribution in [2.45, 2.75) is 4.90 Å². The molecule has 0 saturated carbocycles. The van der Waals surface area contributed by atoms with Gasteiger partial charge in [-0.05, 0) is 24.3 Å². The molecule has 14 heteroatoms. The monoisotopic (exact) mass is 536 g/mol. The van der Waals surface area contributed by atoms with E-state index in [1.54, 1.807) is 0 Å². The summed E-state index contributed by atoms with van der Waals surface area (Å²) in [4.78, 5) is 20.6. The summed E-state index contributed by atoms with van der Waals surface area (Å²) >= 11 is 0. The Morgan fingerprint density at radius 3 is 1.97 bits per heavy atom. The number of anilines is 3. The zero-order valence-electron chi connectivity index (χ0n) is 20.8.